The highest BCUT2D eigenvalue weighted by atomic mass is 32.1. The lowest BCUT2D eigenvalue weighted by Crippen LogP contribution is -2.75. The molecule has 0 bridgehead atoms. The molecule has 1 aromatic carbocycles. The average Bonchev–Trinajstić information content (AvgIpc) is 3.41. The molecule has 0 unspecified atom stereocenters. The van der Waals surface area contributed by atoms with Gasteiger partial charge < -0.3 is 10.4 Å². The molecule has 0 aliphatic carbocycles. The molecule has 8 nitrogen and oxygen atoms in total. The Morgan fingerprint density at radius 1 is 1.17 bits per heavy atom. The Kier molecular flexibility index (Phi) is 8.66. The summed E-state index contributed by atoms with van der Waals surface area (Å²) in [5.41, 5.74) is 0.544. The number of rotatable bonds is 10. The number of unbranched alkanes of at least 4 members (excludes halogenated alkanes) is 1. The lowest BCUT2D eigenvalue weighted by Gasteiger charge is -2.59. The average molecular weight is 501 g/mol. The number of aliphatic carboxylic acids is 1. The number of nitrogens with one attached hydrogen (secondary N) is 1. The number of nitrogens with zero attached hydrogens (tertiary/aromatic N) is 3. The van der Waals surface area contributed by atoms with E-state index in [1.165, 1.54) is 18.4 Å². The van der Waals surface area contributed by atoms with Gasteiger partial charge in [0.15, 0.2) is 5.54 Å². The molecular formula is C26H36N4O4S. The number of aromatic nitrogens is 1. The Bertz CT molecular complexity index is 1040. The molecule has 0 spiro atoms. The predicted octanol–water partition coefficient (Wildman–Crippen LogP) is 4.28. The van der Waals surface area contributed by atoms with E-state index >= 15 is 0 Å². The molecule has 190 valence electrons. The van der Waals surface area contributed by atoms with Gasteiger partial charge in [-0.25, -0.2) is 4.98 Å². The molecule has 1 saturated heterocycles. The van der Waals surface area contributed by atoms with E-state index in [9.17, 15) is 19.5 Å². The Morgan fingerprint density at radius 3 is 2.49 bits per heavy atom. The van der Waals surface area contributed by atoms with Gasteiger partial charge in [0, 0.05) is 37.5 Å². The Morgan fingerprint density at radius 2 is 1.91 bits per heavy atom. The van der Waals surface area contributed by atoms with Crippen molar-refractivity contribution in [3.05, 3.63) is 40.7 Å². The van der Waals surface area contributed by atoms with E-state index in [0.29, 0.717) is 42.5 Å². The van der Waals surface area contributed by atoms with Crippen molar-refractivity contribution in [3.63, 3.8) is 0 Å². The van der Waals surface area contributed by atoms with E-state index in [2.05, 4.69) is 10.3 Å². The highest BCUT2D eigenvalue weighted by Gasteiger charge is 2.68. The Balaban J connectivity index is 2.46. The largest absolute Gasteiger partial charge is 0.481 e. The van der Waals surface area contributed by atoms with Crippen molar-refractivity contribution in [2.75, 3.05) is 20.1 Å². The summed E-state index contributed by atoms with van der Waals surface area (Å²) in [5, 5.41) is 18.9. The maximum absolute atomic E-state index is 14.2. The molecule has 9 heteroatoms. The van der Waals surface area contributed by atoms with Crippen LogP contribution in [0.3, 0.4) is 0 Å². The highest BCUT2D eigenvalue weighted by molar-refractivity contribution is 7.07. The topological polar surface area (TPSA) is 103 Å². The Labute approximate surface area is 211 Å². The number of likely N-dealkylation sites (N-methyl/N-ethyl adjacent to an activating group) is 2. The minimum Gasteiger partial charge on any atom is -0.481 e. The van der Waals surface area contributed by atoms with Crippen LogP contribution in [0, 0.1) is 5.41 Å². The van der Waals surface area contributed by atoms with E-state index < -0.39 is 22.8 Å². The summed E-state index contributed by atoms with van der Waals surface area (Å²) in [6, 6.07) is 7.39. The van der Waals surface area contributed by atoms with Crippen LogP contribution in [-0.2, 0) is 19.9 Å². The number of hydrogen-bond acceptors (Lipinski definition) is 6. The predicted molar refractivity (Wildman–Crippen MR) is 137 cm³/mol. The van der Waals surface area contributed by atoms with Gasteiger partial charge in [-0.3, -0.25) is 19.4 Å². The first kappa shape index (κ1) is 26.8. The number of carboxylic acid groups (broad SMARTS) is 1. The zero-order valence-electron chi connectivity index (χ0n) is 21.0. The SMILES string of the molecule is CCCC[C@]1(C(=O)O)CCN(C(=O)CCC)N(CC)[C@@]1(C(=O)NC)c1ccccc1-c1cscn1. The summed E-state index contributed by atoms with van der Waals surface area (Å²) in [5.74, 6) is -1.57. The van der Waals surface area contributed by atoms with Crippen molar-refractivity contribution < 1.29 is 19.5 Å². The second-order valence-corrected chi connectivity index (χ2v) is 9.65. The van der Waals surface area contributed by atoms with Gasteiger partial charge in [0.05, 0.1) is 11.2 Å². The third-order valence-electron chi connectivity index (χ3n) is 7.12. The van der Waals surface area contributed by atoms with E-state index in [4.69, 9.17) is 0 Å². The third-order valence-corrected chi connectivity index (χ3v) is 7.71. The summed E-state index contributed by atoms with van der Waals surface area (Å²) < 4.78 is 0. The number of carbonyl (C=O) groups excluding carboxylic acids is 2. The monoisotopic (exact) mass is 500 g/mol. The van der Waals surface area contributed by atoms with Gasteiger partial charge in [0.25, 0.3) is 0 Å². The summed E-state index contributed by atoms with van der Waals surface area (Å²) >= 11 is 1.44. The molecule has 2 amide bonds. The zero-order valence-corrected chi connectivity index (χ0v) is 21.9. The number of amides is 2. The Hall–Kier alpha value is -2.78. The number of hydrazine groups is 1. The zero-order chi connectivity index (χ0) is 25.6. The minimum absolute atomic E-state index is 0.108. The number of thiazole rings is 1. The van der Waals surface area contributed by atoms with Crippen LogP contribution in [-0.4, -0.2) is 58.0 Å². The highest BCUT2D eigenvalue weighted by Crippen LogP contribution is 2.56. The number of carboxylic acids is 1. The van der Waals surface area contributed by atoms with Crippen LogP contribution in [0.1, 0.15) is 64.9 Å². The molecule has 2 aromatic rings. The molecule has 1 aliphatic heterocycles. The number of hydrogen-bond donors (Lipinski definition) is 2. The van der Waals surface area contributed by atoms with Gasteiger partial charge in [-0.15, -0.1) is 11.3 Å². The molecule has 35 heavy (non-hydrogen) atoms. The van der Waals surface area contributed by atoms with Gasteiger partial charge in [-0.05, 0) is 24.8 Å². The second-order valence-electron chi connectivity index (χ2n) is 8.93. The van der Waals surface area contributed by atoms with Gasteiger partial charge in [-0.2, -0.15) is 5.01 Å². The molecule has 1 aromatic heterocycles. The summed E-state index contributed by atoms with van der Waals surface area (Å²) in [6.07, 6.45) is 2.90. The molecule has 1 fully saturated rings. The van der Waals surface area contributed by atoms with Gasteiger partial charge >= 0.3 is 5.97 Å². The summed E-state index contributed by atoms with van der Waals surface area (Å²) in [7, 11) is 1.53. The quantitative estimate of drug-likeness (QED) is 0.505. The lowest BCUT2D eigenvalue weighted by atomic mass is 9.58. The maximum Gasteiger partial charge on any atom is 0.312 e. The maximum atomic E-state index is 14.2. The van der Waals surface area contributed by atoms with Crippen molar-refractivity contribution in [1.82, 2.24) is 20.3 Å². The molecule has 2 heterocycles. The first-order valence-electron chi connectivity index (χ1n) is 12.4. The van der Waals surface area contributed by atoms with E-state index in [-0.39, 0.29) is 25.4 Å². The van der Waals surface area contributed by atoms with Gasteiger partial charge in [-0.1, -0.05) is 57.9 Å². The first-order chi connectivity index (χ1) is 16.8. The van der Waals surface area contributed by atoms with Crippen molar-refractivity contribution in [3.8, 4) is 11.3 Å². The van der Waals surface area contributed by atoms with Crippen molar-refractivity contribution in [1.29, 1.82) is 0 Å². The molecule has 1 aliphatic rings. The molecule has 3 rings (SSSR count). The first-order valence-corrected chi connectivity index (χ1v) is 13.3. The van der Waals surface area contributed by atoms with E-state index in [1.54, 1.807) is 15.5 Å². The fraction of sp³-hybridized carbons (Fsp3) is 0.538. The normalized spacial score (nSPS) is 22.7. The van der Waals surface area contributed by atoms with E-state index in [0.717, 1.165) is 6.42 Å². The fourth-order valence-corrected chi connectivity index (χ4v) is 6.14. The van der Waals surface area contributed by atoms with Crippen molar-refractivity contribution in [2.45, 2.75) is 64.8 Å². The minimum atomic E-state index is -1.65. The van der Waals surface area contributed by atoms with Crippen molar-refractivity contribution >= 4 is 29.1 Å². The molecule has 2 atom stereocenters. The van der Waals surface area contributed by atoms with Crippen LogP contribution in [0.5, 0.6) is 0 Å². The van der Waals surface area contributed by atoms with Crippen LogP contribution >= 0.6 is 11.3 Å². The van der Waals surface area contributed by atoms with Crippen molar-refractivity contribution in [2.24, 2.45) is 5.41 Å². The summed E-state index contributed by atoms with van der Waals surface area (Å²) in [6.45, 7) is 6.35. The summed E-state index contributed by atoms with van der Waals surface area (Å²) in [4.78, 5) is 45.3. The van der Waals surface area contributed by atoms with E-state index in [1.807, 2.05) is 50.4 Å². The third kappa shape index (κ3) is 4.36. The smallest absolute Gasteiger partial charge is 0.312 e. The van der Waals surface area contributed by atoms with Gasteiger partial charge in [0.1, 0.15) is 5.41 Å². The fourth-order valence-electron chi connectivity index (χ4n) is 5.59. The van der Waals surface area contributed by atoms with Crippen LogP contribution in [0.15, 0.2) is 35.2 Å². The molecular weight excluding hydrogens is 464 g/mol. The lowest BCUT2D eigenvalue weighted by molar-refractivity contribution is -0.221. The molecule has 2 N–H and O–H groups in total. The second kappa shape index (κ2) is 11.3. The standard InChI is InChI=1S/C26H36N4O4S/c1-5-8-14-25(24(33)34)15-16-29(22(31)11-6-2)30(7-3)26(25,23(32)27-4)20-13-10-9-12-19(20)21-17-35-18-28-21/h9-10,12-13,17-18H,5-8,11,14-16H2,1-4H3,(H,27,32)(H,33,34)/t25-,26-/m1/s1. The van der Waals surface area contributed by atoms with Crippen LogP contribution in [0.2, 0.25) is 0 Å². The molecule has 0 saturated carbocycles. The van der Waals surface area contributed by atoms with Crippen LogP contribution in [0.25, 0.3) is 11.3 Å². The van der Waals surface area contributed by atoms with Gasteiger partial charge in [0.2, 0.25) is 11.8 Å². The number of carbonyl (C=O) groups is 3. The molecule has 0 radical (unpaired) electrons. The number of benzene rings is 1. The van der Waals surface area contributed by atoms with Crippen LogP contribution < -0.4 is 5.32 Å². The van der Waals surface area contributed by atoms with Crippen LogP contribution in [0.4, 0.5) is 0 Å².